The molecule has 2 aromatic rings. The predicted molar refractivity (Wildman–Crippen MR) is 106 cm³/mol. The summed E-state index contributed by atoms with van der Waals surface area (Å²) in [5.41, 5.74) is 2.15. The fourth-order valence-corrected chi connectivity index (χ4v) is 4.94. The van der Waals surface area contributed by atoms with Crippen LogP contribution < -0.4 is 14.2 Å². The molecule has 0 aromatic heterocycles. The van der Waals surface area contributed by atoms with E-state index in [0.717, 1.165) is 11.1 Å². The van der Waals surface area contributed by atoms with Gasteiger partial charge >= 0.3 is 0 Å². The Morgan fingerprint density at radius 1 is 0.929 bits per heavy atom. The number of nitrogens with one attached hydrogen (secondary N) is 1. The minimum atomic E-state index is -3.86. The molecule has 0 amide bonds. The molecule has 10 heteroatoms. The lowest BCUT2D eigenvalue weighted by Gasteiger charge is -2.27. The normalized spacial score (nSPS) is 15.0. The molecule has 0 radical (unpaired) electrons. The zero-order valence-corrected chi connectivity index (χ0v) is 17.4. The van der Waals surface area contributed by atoms with E-state index >= 15 is 0 Å². The van der Waals surface area contributed by atoms with Gasteiger partial charge in [-0.3, -0.25) is 4.72 Å². The van der Waals surface area contributed by atoms with Gasteiger partial charge in [0.15, 0.2) is 11.5 Å². The van der Waals surface area contributed by atoms with Crippen molar-refractivity contribution in [3.05, 3.63) is 47.5 Å². The van der Waals surface area contributed by atoms with E-state index in [1.165, 1.54) is 43.0 Å². The van der Waals surface area contributed by atoms with Gasteiger partial charge in [-0.15, -0.1) is 0 Å². The average molecular weight is 427 g/mol. The summed E-state index contributed by atoms with van der Waals surface area (Å²) in [4.78, 5) is 0.0284. The standard InChI is InChI=1S/C18H22N2O6S2/c1-25-17-7-6-16(11-18(17)26-2)28(23,24)19-15-5-4-13-8-9-20(27(3,21)22)12-14(13)10-15/h4-7,10-11,19H,8-9,12H2,1-3H3. The molecule has 1 aliphatic heterocycles. The zero-order valence-electron chi connectivity index (χ0n) is 15.8. The molecule has 1 aliphatic rings. The Morgan fingerprint density at radius 2 is 1.64 bits per heavy atom. The van der Waals surface area contributed by atoms with Gasteiger partial charge in [0.25, 0.3) is 10.0 Å². The van der Waals surface area contributed by atoms with Crippen molar-refractivity contribution < 1.29 is 26.3 Å². The predicted octanol–water partition coefficient (Wildman–Crippen LogP) is 1.82. The van der Waals surface area contributed by atoms with Crippen molar-refractivity contribution in [1.82, 2.24) is 4.31 Å². The molecule has 0 unspecified atom stereocenters. The van der Waals surface area contributed by atoms with E-state index in [4.69, 9.17) is 9.47 Å². The topological polar surface area (TPSA) is 102 Å². The second kappa shape index (κ2) is 7.61. The minimum absolute atomic E-state index is 0.0284. The molecule has 1 heterocycles. The second-order valence-electron chi connectivity index (χ2n) is 6.45. The fourth-order valence-electron chi connectivity index (χ4n) is 3.08. The molecule has 0 saturated carbocycles. The van der Waals surface area contributed by atoms with Crippen LogP contribution in [0, 0.1) is 0 Å². The summed E-state index contributed by atoms with van der Waals surface area (Å²) in [6.07, 6.45) is 1.76. The van der Waals surface area contributed by atoms with Gasteiger partial charge in [-0.05, 0) is 41.8 Å². The second-order valence-corrected chi connectivity index (χ2v) is 10.1. The molecule has 0 fully saturated rings. The van der Waals surface area contributed by atoms with Crippen LogP contribution in [0.15, 0.2) is 41.3 Å². The van der Waals surface area contributed by atoms with Gasteiger partial charge in [-0.1, -0.05) is 6.07 Å². The number of hydrogen-bond donors (Lipinski definition) is 1. The molecular weight excluding hydrogens is 404 g/mol. The van der Waals surface area contributed by atoms with Gasteiger partial charge in [-0.2, -0.15) is 4.31 Å². The maximum absolute atomic E-state index is 12.7. The molecule has 0 aliphatic carbocycles. The first-order chi connectivity index (χ1) is 13.1. The van der Waals surface area contributed by atoms with E-state index in [1.807, 2.05) is 6.07 Å². The van der Waals surface area contributed by atoms with Crippen molar-refractivity contribution >= 4 is 25.7 Å². The highest BCUT2D eigenvalue weighted by Gasteiger charge is 2.24. The maximum Gasteiger partial charge on any atom is 0.262 e. The Balaban J connectivity index is 1.88. The van der Waals surface area contributed by atoms with Crippen LogP contribution in [-0.4, -0.2) is 48.2 Å². The molecule has 152 valence electrons. The molecule has 0 bridgehead atoms. The number of ether oxygens (including phenoxy) is 2. The zero-order chi connectivity index (χ0) is 20.5. The van der Waals surface area contributed by atoms with Crippen LogP contribution in [0.3, 0.4) is 0 Å². The summed E-state index contributed by atoms with van der Waals surface area (Å²) in [5, 5.41) is 0. The monoisotopic (exact) mass is 426 g/mol. The smallest absolute Gasteiger partial charge is 0.262 e. The number of rotatable bonds is 6. The lowest BCUT2D eigenvalue weighted by Crippen LogP contribution is -2.35. The Morgan fingerprint density at radius 3 is 2.29 bits per heavy atom. The van der Waals surface area contributed by atoms with Crippen molar-refractivity contribution in [3.63, 3.8) is 0 Å². The van der Waals surface area contributed by atoms with Crippen LogP contribution in [0.4, 0.5) is 5.69 Å². The molecule has 28 heavy (non-hydrogen) atoms. The molecule has 1 N–H and O–H groups in total. The first-order valence-corrected chi connectivity index (χ1v) is 11.8. The van der Waals surface area contributed by atoms with E-state index in [0.29, 0.717) is 30.2 Å². The lowest BCUT2D eigenvalue weighted by atomic mass is 10.0. The molecule has 3 rings (SSSR count). The van der Waals surface area contributed by atoms with Crippen LogP contribution in [0.2, 0.25) is 0 Å². The number of methoxy groups -OCH3 is 2. The number of fused-ring (bicyclic) bond motifs is 1. The summed E-state index contributed by atoms with van der Waals surface area (Å²) in [6, 6.07) is 9.49. The molecule has 2 aromatic carbocycles. The third kappa shape index (κ3) is 4.23. The molecule has 0 atom stereocenters. The lowest BCUT2D eigenvalue weighted by molar-refractivity contribution is 0.354. The number of sulfonamides is 2. The highest BCUT2D eigenvalue weighted by Crippen LogP contribution is 2.31. The number of benzene rings is 2. The maximum atomic E-state index is 12.7. The first-order valence-electron chi connectivity index (χ1n) is 8.46. The van der Waals surface area contributed by atoms with Crippen molar-refractivity contribution in [2.24, 2.45) is 0 Å². The number of hydrogen-bond acceptors (Lipinski definition) is 6. The molecular formula is C18H22N2O6S2. The average Bonchev–Trinajstić information content (AvgIpc) is 2.65. The third-order valence-corrected chi connectivity index (χ3v) is 7.20. The van der Waals surface area contributed by atoms with Crippen LogP contribution in [0.1, 0.15) is 11.1 Å². The van der Waals surface area contributed by atoms with Gasteiger partial charge in [-0.25, -0.2) is 16.8 Å². The summed E-state index contributed by atoms with van der Waals surface area (Å²) < 4.78 is 63.3. The van der Waals surface area contributed by atoms with Crippen LogP contribution >= 0.6 is 0 Å². The summed E-state index contributed by atoms with van der Waals surface area (Å²) >= 11 is 0. The number of anilines is 1. The number of nitrogens with zero attached hydrogens (tertiary/aromatic N) is 1. The Kier molecular flexibility index (Phi) is 5.55. The largest absolute Gasteiger partial charge is 0.493 e. The first kappa shape index (κ1) is 20.4. The summed E-state index contributed by atoms with van der Waals surface area (Å²) in [7, 11) is -4.26. The van der Waals surface area contributed by atoms with Gasteiger partial charge < -0.3 is 9.47 Å². The Bertz CT molecular complexity index is 1100. The van der Waals surface area contributed by atoms with Crippen molar-refractivity contribution in [1.29, 1.82) is 0 Å². The summed E-state index contributed by atoms with van der Waals surface area (Å²) in [5.74, 6) is 0.732. The SMILES string of the molecule is COc1ccc(S(=O)(=O)Nc2ccc3c(c2)CN(S(C)(=O)=O)CC3)cc1OC. The van der Waals surface area contributed by atoms with Gasteiger partial charge in [0.05, 0.1) is 25.4 Å². The summed E-state index contributed by atoms with van der Waals surface area (Å²) in [6.45, 7) is 0.642. The molecule has 0 spiro atoms. The van der Waals surface area contributed by atoms with Gasteiger partial charge in [0, 0.05) is 24.8 Å². The minimum Gasteiger partial charge on any atom is -0.493 e. The van der Waals surface area contributed by atoms with Crippen molar-refractivity contribution in [3.8, 4) is 11.5 Å². The highest BCUT2D eigenvalue weighted by atomic mass is 32.2. The van der Waals surface area contributed by atoms with Crippen molar-refractivity contribution in [2.45, 2.75) is 17.9 Å². The van der Waals surface area contributed by atoms with Gasteiger partial charge in [0.1, 0.15) is 0 Å². The fraction of sp³-hybridized carbons (Fsp3) is 0.333. The Hall–Kier alpha value is -2.30. The van der Waals surface area contributed by atoms with Crippen LogP contribution in [0.5, 0.6) is 11.5 Å². The van der Waals surface area contributed by atoms with E-state index in [1.54, 1.807) is 12.1 Å². The van der Waals surface area contributed by atoms with E-state index < -0.39 is 20.0 Å². The van der Waals surface area contributed by atoms with Crippen LogP contribution in [0.25, 0.3) is 0 Å². The van der Waals surface area contributed by atoms with Gasteiger partial charge in [0.2, 0.25) is 10.0 Å². The van der Waals surface area contributed by atoms with Crippen LogP contribution in [-0.2, 0) is 33.0 Å². The molecule has 0 saturated heterocycles. The molecule has 8 nitrogen and oxygen atoms in total. The Labute approximate surface area is 165 Å². The van der Waals surface area contributed by atoms with E-state index in [9.17, 15) is 16.8 Å². The van der Waals surface area contributed by atoms with Crippen molar-refractivity contribution in [2.75, 3.05) is 31.7 Å². The quantitative estimate of drug-likeness (QED) is 0.756. The third-order valence-electron chi connectivity index (χ3n) is 4.57. The van der Waals surface area contributed by atoms with E-state index in [-0.39, 0.29) is 11.4 Å². The van der Waals surface area contributed by atoms with E-state index in [2.05, 4.69) is 4.72 Å². The highest BCUT2D eigenvalue weighted by molar-refractivity contribution is 7.92.